The molecule has 0 spiro atoms. The first-order valence-electron chi connectivity index (χ1n) is 6.35. The average molecular weight is 301 g/mol. The molecule has 0 heterocycles. The van der Waals surface area contributed by atoms with E-state index < -0.39 is 4.92 Å². The highest BCUT2D eigenvalue weighted by Gasteiger charge is 2.09. The Bertz CT molecular complexity index is 701. The molecular formula is C15H15N3O2S. The number of hydrogen-bond donors (Lipinski definition) is 2. The molecule has 5 nitrogen and oxygen atoms in total. The first-order valence-corrected chi connectivity index (χ1v) is 6.76. The number of aryl methyl sites for hydroxylation is 2. The Labute approximate surface area is 128 Å². The van der Waals surface area contributed by atoms with Crippen LogP contribution in [0.4, 0.5) is 17.1 Å². The molecule has 0 fully saturated rings. The molecule has 0 aliphatic heterocycles. The summed E-state index contributed by atoms with van der Waals surface area (Å²) in [5.74, 6) is 0. The van der Waals surface area contributed by atoms with Gasteiger partial charge in [0.1, 0.15) is 0 Å². The number of thiocarbonyl (C=S) groups is 1. The van der Waals surface area contributed by atoms with Gasteiger partial charge in [0, 0.05) is 23.5 Å². The van der Waals surface area contributed by atoms with E-state index in [1.807, 2.05) is 38.1 Å². The van der Waals surface area contributed by atoms with Crippen LogP contribution in [0.15, 0.2) is 42.5 Å². The van der Waals surface area contributed by atoms with Crippen molar-refractivity contribution in [2.45, 2.75) is 13.8 Å². The first kappa shape index (κ1) is 14.9. The van der Waals surface area contributed by atoms with Gasteiger partial charge in [-0.25, -0.2) is 0 Å². The molecule has 0 saturated carbocycles. The van der Waals surface area contributed by atoms with Gasteiger partial charge in [-0.1, -0.05) is 18.2 Å². The number of hydrogen-bond acceptors (Lipinski definition) is 3. The van der Waals surface area contributed by atoms with E-state index in [9.17, 15) is 10.1 Å². The Morgan fingerprint density at radius 3 is 2.57 bits per heavy atom. The van der Waals surface area contributed by atoms with E-state index in [1.54, 1.807) is 6.07 Å². The molecule has 0 radical (unpaired) electrons. The minimum Gasteiger partial charge on any atom is -0.332 e. The van der Waals surface area contributed by atoms with E-state index in [0.29, 0.717) is 10.8 Å². The first-order chi connectivity index (χ1) is 9.95. The monoisotopic (exact) mass is 301 g/mol. The summed E-state index contributed by atoms with van der Waals surface area (Å²) in [6.07, 6.45) is 0. The molecule has 2 aromatic carbocycles. The molecule has 6 heteroatoms. The maximum Gasteiger partial charge on any atom is 0.271 e. The standard InChI is InChI=1S/C15H15N3O2S/c1-10-4-3-5-12(8-10)16-15(21)17-14-9-13(18(19)20)7-6-11(14)2/h3-9H,1-2H3,(H2,16,17,21). The second kappa shape index (κ2) is 6.32. The zero-order valence-electron chi connectivity index (χ0n) is 11.7. The van der Waals surface area contributed by atoms with Crippen molar-refractivity contribution >= 4 is 34.4 Å². The molecule has 108 valence electrons. The Hall–Kier alpha value is -2.47. The van der Waals surface area contributed by atoms with Gasteiger partial charge in [0.25, 0.3) is 5.69 Å². The largest absolute Gasteiger partial charge is 0.332 e. The predicted octanol–water partition coefficient (Wildman–Crippen LogP) is 4.02. The van der Waals surface area contributed by atoms with Crippen LogP contribution in [0.25, 0.3) is 0 Å². The quantitative estimate of drug-likeness (QED) is 0.509. The fraction of sp³-hybridized carbons (Fsp3) is 0.133. The van der Waals surface area contributed by atoms with Crippen molar-refractivity contribution in [3.63, 3.8) is 0 Å². The summed E-state index contributed by atoms with van der Waals surface area (Å²) >= 11 is 5.24. The Morgan fingerprint density at radius 1 is 1.14 bits per heavy atom. The van der Waals surface area contributed by atoms with Crippen LogP contribution in [0.1, 0.15) is 11.1 Å². The van der Waals surface area contributed by atoms with Crippen molar-refractivity contribution in [2.24, 2.45) is 0 Å². The molecule has 0 atom stereocenters. The lowest BCUT2D eigenvalue weighted by molar-refractivity contribution is -0.384. The zero-order chi connectivity index (χ0) is 15.4. The van der Waals surface area contributed by atoms with Gasteiger partial charge in [0.15, 0.2) is 5.11 Å². The van der Waals surface area contributed by atoms with Crippen LogP contribution in [-0.2, 0) is 0 Å². The van der Waals surface area contributed by atoms with Gasteiger partial charge in [0.2, 0.25) is 0 Å². The summed E-state index contributed by atoms with van der Waals surface area (Å²) < 4.78 is 0. The number of anilines is 2. The lowest BCUT2D eigenvalue weighted by Crippen LogP contribution is -2.19. The van der Waals surface area contributed by atoms with Crippen molar-refractivity contribution in [2.75, 3.05) is 10.6 Å². The van der Waals surface area contributed by atoms with E-state index in [2.05, 4.69) is 10.6 Å². The Kier molecular flexibility index (Phi) is 4.49. The molecule has 0 unspecified atom stereocenters. The van der Waals surface area contributed by atoms with E-state index >= 15 is 0 Å². The molecule has 0 saturated heterocycles. The number of benzene rings is 2. The highest BCUT2D eigenvalue weighted by atomic mass is 32.1. The second-order valence-corrected chi connectivity index (χ2v) is 5.11. The highest BCUT2D eigenvalue weighted by molar-refractivity contribution is 7.80. The third kappa shape index (κ3) is 4.00. The van der Waals surface area contributed by atoms with Gasteiger partial charge in [0.05, 0.1) is 4.92 Å². The lowest BCUT2D eigenvalue weighted by atomic mass is 10.2. The summed E-state index contributed by atoms with van der Waals surface area (Å²) in [6.45, 7) is 3.85. The van der Waals surface area contributed by atoms with Crippen LogP contribution in [-0.4, -0.2) is 10.0 Å². The van der Waals surface area contributed by atoms with Gasteiger partial charge in [-0.2, -0.15) is 0 Å². The summed E-state index contributed by atoms with van der Waals surface area (Å²) in [6, 6.07) is 12.4. The fourth-order valence-corrected chi connectivity index (χ4v) is 2.09. The van der Waals surface area contributed by atoms with Crippen LogP contribution in [0.3, 0.4) is 0 Å². The maximum absolute atomic E-state index is 10.8. The van der Waals surface area contributed by atoms with Crippen LogP contribution >= 0.6 is 12.2 Å². The number of rotatable bonds is 3. The van der Waals surface area contributed by atoms with Gasteiger partial charge < -0.3 is 10.6 Å². The van der Waals surface area contributed by atoms with Crippen LogP contribution in [0, 0.1) is 24.0 Å². The summed E-state index contributed by atoms with van der Waals surface area (Å²) in [7, 11) is 0. The second-order valence-electron chi connectivity index (χ2n) is 4.70. The Balaban J connectivity index is 2.12. The average Bonchev–Trinajstić information content (AvgIpc) is 2.41. The van der Waals surface area contributed by atoms with Gasteiger partial charge in [-0.15, -0.1) is 0 Å². The molecule has 0 amide bonds. The molecule has 0 aliphatic carbocycles. The van der Waals surface area contributed by atoms with E-state index in [-0.39, 0.29) is 5.69 Å². The minimum absolute atomic E-state index is 0.0291. The minimum atomic E-state index is -0.429. The van der Waals surface area contributed by atoms with Crippen molar-refractivity contribution in [3.05, 3.63) is 63.7 Å². The number of non-ortho nitro benzene ring substituents is 1. The third-order valence-corrected chi connectivity index (χ3v) is 3.16. The van der Waals surface area contributed by atoms with E-state index in [1.165, 1.54) is 12.1 Å². The number of nitrogens with zero attached hydrogens (tertiary/aromatic N) is 1. The van der Waals surface area contributed by atoms with Crippen LogP contribution in [0.5, 0.6) is 0 Å². The van der Waals surface area contributed by atoms with Gasteiger partial charge in [-0.3, -0.25) is 10.1 Å². The van der Waals surface area contributed by atoms with Crippen LogP contribution < -0.4 is 10.6 Å². The van der Waals surface area contributed by atoms with Crippen LogP contribution in [0.2, 0.25) is 0 Å². The maximum atomic E-state index is 10.8. The smallest absolute Gasteiger partial charge is 0.271 e. The molecule has 0 aliphatic rings. The summed E-state index contributed by atoms with van der Waals surface area (Å²) in [5, 5.41) is 17.2. The predicted molar refractivity (Wildman–Crippen MR) is 88.9 cm³/mol. The zero-order valence-corrected chi connectivity index (χ0v) is 12.5. The normalized spacial score (nSPS) is 10.0. The van der Waals surface area contributed by atoms with E-state index in [4.69, 9.17) is 12.2 Å². The molecule has 0 bridgehead atoms. The van der Waals surface area contributed by atoms with Crippen molar-refractivity contribution < 1.29 is 4.92 Å². The summed E-state index contributed by atoms with van der Waals surface area (Å²) in [4.78, 5) is 10.4. The topological polar surface area (TPSA) is 67.2 Å². The molecule has 2 aromatic rings. The Morgan fingerprint density at radius 2 is 1.90 bits per heavy atom. The molecule has 2 N–H and O–H groups in total. The molecule has 21 heavy (non-hydrogen) atoms. The lowest BCUT2D eigenvalue weighted by Gasteiger charge is -2.12. The summed E-state index contributed by atoms with van der Waals surface area (Å²) in [5.41, 5.74) is 3.52. The van der Waals surface area contributed by atoms with E-state index in [0.717, 1.165) is 16.8 Å². The van der Waals surface area contributed by atoms with Crippen molar-refractivity contribution in [3.8, 4) is 0 Å². The van der Waals surface area contributed by atoms with Gasteiger partial charge in [-0.05, 0) is 49.3 Å². The highest BCUT2D eigenvalue weighted by Crippen LogP contribution is 2.22. The number of nitrogens with one attached hydrogen (secondary N) is 2. The molecule has 2 rings (SSSR count). The molecule has 0 aromatic heterocycles. The third-order valence-electron chi connectivity index (χ3n) is 2.96. The molecular weight excluding hydrogens is 286 g/mol. The number of nitro benzene ring substituents is 1. The number of nitro groups is 1. The van der Waals surface area contributed by atoms with Gasteiger partial charge >= 0.3 is 0 Å². The SMILES string of the molecule is Cc1cccc(NC(=S)Nc2cc([N+](=O)[O-])ccc2C)c1. The van der Waals surface area contributed by atoms with Crippen molar-refractivity contribution in [1.82, 2.24) is 0 Å². The van der Waals surface area contributed by atoms with Crippen molar-refractivity contribution in [1.29, 1.82) is 0 Å². The fourth-order valence-electron chi connectivity index (χ4n) is 1.87.